The van der Waals surface area contributed by atoms with Crippen LogP contribution in [0.4, 0.5) is 0 Å². The number of aliphatic hydroxyl groups excluding tert-OH is 1. The molecule has 10 atom stereocenters. The molecule has 25 heteroatoms. The average Bonchev–Trinajstić information content (AvgIpc) is 3.22. The summed E-state index contributed by atoms with van der Waals surface area (Å²) >= 11 is 0. The molecule has 0 aromatic rings. The van der Waals surface area contributed by atoms with Crippen molar-refractivity contribution in [3.63, 3.8) is 0 Å². The first-order valence-electron chi connectivity index (χ1n) is 22.0. The van der Waals surface area contributed by atoms with Gasteiger partial charge in [0, 0.05) is 6.42 Å². The van der Waals surface area contributed by atoms with Crippen molar-refractivity contribution in [1.82, 2.24) is 42.5 Å². The number of carboxylic acid groups (broad SMARTS) is 1. The van der Waals surface area contributed by atoms with Gasteiger partial charge >= 0.3 is 5.97 Å². The minimum absolute atomic E-state index is 0.0734. The molecule has 0 unspecified atom stereocenters. The van der Waals surface area contributed by atoms with Gasteiger partial charge in [-0.2, -0.15) is 0 Å². The van der Waals surface area contributed by atoms with E-state index in [1.165, 1.54) is 13.8 Å². The monoisotopic (exact) mass is 943 g/mol. The maximum Gasteiger partial charge on any atom is 0.326 e. The van der Waals surface area contributed by atoms with Crippen LogP contribution in [-0.4, -0.2) is 143 Å². The maximum absolute atomic E-state index is 13.7. The van der Waals surface area contributed by atoms with Crippen LogP contribution in [0.15, 0.2) is 0 Å². The van der Waals surface area contributed by atoms with Crippen molar-refractivity contribution in [2.24, 2.45) is 40.7 Å². The van der Waals surface area contributed by atoms with Crippen molar-refractivity contribution < 1.29 is 63.0 Å². The van der Waals surface area contributed by atoms with Gasteiger partial charge in [0.05, 0.1) is 19.1 Å². The molecule has 376 valence electrons. The third-order valence-corrected chi connectivity index (χ3v) is 10.3. The molecule has 66 heavy (non-hydrogen) atoms. The predicted molar refractivity (Wildman–Crippen MR) is 238 cm³/mol. The van der Waals surface area contributed by atoms with Gasteiger partial charge in [-0.05, 0) is 70.3 Å². The SMILES string of the molecule is CC[C@H](C)[C@H](NC(=O)[C@H](CC(N)=O)NC(=O)[C@H](C)N)C(=O)N[C@@H](CCC(N)=O)C(=O)N[C@@H](C)C(=O)N[C@H](C(=O)N[C@@H](CO)C(=O)N[C@@H](CC(C)C)C(=O)N[C@@H](CCCCN)C(=O)O)C(C)C. The van der Waals surface area contributed by atoms with Crippen molar-refractivity contribution in [2.45, 2.75) is 161 Å². The van der Waals surface area contributed by atoms with Crippen LogP contribution in [-0.2, 0) is 52.7 Å². The Morgan fingerprint density at radius 3 is 1.50 bits per heavy atom. The highest BCUT2D eigenvalue weighted by Crippen LogP contribution is 2.12. The van der Waals surface area contributed by atoms with Crippen LogP contribution in [0.2, 0.25) is 0 Å². The third-order valence-electron chi connectivity index (χ3n) is 10.3. The Hall–Kier alpha value is -5.95. The summed E-state index contributed by atoms with van der Waals surface area (Å²) in [6, 6.07) is -12.3. The number of carbonyl (C=O) groups excluding carboxylic acids is 10. The normalized spacial score (nSPS) is 15.7. The van der Waals surface area contributed by atoms with Crippen molar-refractivity contribution >= 4 is 65.0 Å². The zero-order valence-electron chi connectivity index (χ0n) is 39.2. The van der Waals surface area contributed by atoms with Gasteiger partial charge in [-0.3, -0.25) is 47.9 Å². The molecule has 0 aliphatic heterocycles. The lowest BCUT2D eigenvalue weighted by molar-refractivity contribution is -0.142. The van der Waals surface area contributed by atoms with E-state index in [1.54, 1.807) is 41.5 Å². The zero-order chi connectivity index (χ0) is 51.0. The molecule has 0 aromatic heterocycles. The average molecular weight is 943 g/mol. The van der Waals surface area contributed by atoms with Gasteiger partial charge in [-0.1, -0.05) is 48.0 Å². The number of rotatable bonds is 32. The van der Waals surface area contributed by atoms with E-state index in [1.807, 2.05) is 0 Å². The summed E-state index contributed by atoms with van der Waals surface area (Å²) in [6.45, 7) is 11.9. The molecule has 0 spiro atoms. The van der Waals surface area contributed by atoms with Gasteiger partial charge in [0.25, 0.3) is 0 Å². The fourth-order valence-electron chi connectivity index (χ4n) is 6.13. The van der Waals surface area contributed by atoms with Gasteiger partial charge in [-0.25, -0.2) is 4.79 Å². The van der Waals surface area contributed by atoms with E-state index < -0.39 is 151 Å². The fraction of sp³-hybridized carbons (Fsp3) is 0.732. The van der Waals surface area contributed by atoms with Crippen LogP contribution in [0.1, 0.15) is 107 Å². The minimum atomic E-state index is -1.63. The summed E-state index contributed by atoms with van der Waals surface area (Å²) in [5.74, 6) is -11.7. The molecule has 25 nitrogen and oxygen atoms in total. The molecule has 0 aliphatic rings. The smallest absolute Gasteiger partial charge is 0.326 e. The lowest BCUT2D eigenvalue weighted by Crippen LogP contribution is -2.61. The number of nitrogens with two attached hydrogens (primary N) is 4. The van der Waals surface area contributed by atoms with Crippen molar-refractivity contribution in [1.29, 1.82) is 0 Å². The molecule has 0 saturated carbocycles. The topological polar surface area (TPSA) is 429 Å². The number of primary amides is 2. The largest absolute Gasteiger partial charge is 0.480 e. The number of amides is 10. The molecule has 0 fully saturated rings. The van der Waals surface area contributed by atoms with Crippen molar-refractivity contribution in [3.05, 3.63) is 0 Å². The number of aliphatic hydroxyl groups is 1. The van der Waals surface area contributed by atoms with E-state index in [0.717, 1.165) is 0 Å². The summed E-state index contributed by atoms with van der Waals surface area (Å²) in [6.07, 6.45) is 0.0438. The lowest BCUT2D eigenvalue weighted by atomic mass is 9.96. The highest BCUT2D eigenvalue weighted by molar-refractivity contribution is 5.99. The standard InChI is InChI=1S/C41H74N12O13/c1-9-21(6)32(53-37(61)27(17-30(45)56)49-33(57)22(7)43)40(64)47-24(13-14-29(44)55)35(59)46-23(8)34(58)52-31(20(4)5)39(63)51-28(18-54)38(62)50-26(16-19(2)3)36(60)48-25(41(65)66)12-10-11-15-42/h19-28,31-32,54H,9-18,42-43H2,1-8H3,(H2,44,55)(H2,45,56)(H,46,59)(H,47,64)(H,48,60)(H,49,57)(H,50,62)(H,51,63)(H,52,58)(H,53,61)(H,65,66)/t21-,22-,23-,24-,25-,26-,27-,28-,31-,32-/m0/s1. The van der Waals surface area contributed by atoms with Gasteiger partial charge in [0.15, 0.2) is 0 Å². The van der Waals surface area contributed by atoms with Gasteiger partial charge in [0.2, 0.25) is 59.1 Å². The zero-order valence-corrected chi connectivity index (χ0v) is 39.2. The van der Waals surface area contributed by atoms with Crippen molar-refractivity contribution in [3.8, 4) is 0 Å². The van der Waals surface area contributed by atoms with Crippen LogP contribution in [0.25, 0.3) is 0 Å². The van der Waals surface area contributed by atoms with Gasteiger partial charge < -0.3 is 75.7 Å². The Kier molecular flexibility index (Phi) is 27.6. The molecule has 18 N–H and O–H groups in total. The molecular formula is C41H74N12O13. The second-order valence-corrected chi connectivity index (χ2v) is 17.0. The fourth-order valence-corrected chi connectivity index (χ4v) is 6.13. The Morgan fingerprint density at radius 2 is 1.02 bits per heavy atom. The maximum atomic E-state index is 13.7. The first-order valence-corrected chi connectivity index (χ1v) is 22.0. The summed E-state index contributed by atoms with van der Waals surface area (Å²) in [5.41, 5.74) is 21.7. The first-order chi connectivity index (χ1) is 30.7. The number of carbonyl (C=O) groups is 11. The quantitative estimate of drug-likeness (QED) is 0.0282. The molecular weight excluding hydrogens is 869 g/mol. The summed E-state index contributed by atoms with van der Waals surface area (Å²) in [4.78, 5) is 142. The number of carboxylic acids is 1. The lowest BCUT2D eigenvalue weighted by Gasteiger charge is -2.29. The van der Waals surface area contributed by atoms with Gasteiger partial charge in [-0.15, -0.1) is 0 Å². The van der Waals surface area contributed by atoms with Crippen LogP contribution in [0, 0.1) is 17.8 Å². The summed E-state index contributed by atoms with van der Waals surface area (Å²) in [5, 5.41) is 39.1. The van der Waals surface area contributed by atoms with E-state index in [2.05, 4.69) is 42.5 Å². The van der Waals surface area contributed by atoms with E-state index in [-0.39, 0.29) is 25.2 Å². The Balaban J connectivity index is 6.14. The number of nitrogens with one attached hydrogen (secondary N) is 8. The summed E-state index contributed by atoms with van der Waals surface area (Å²) < 4.78 is 0. The van der Waals surface area contributed by atoms with Crippen LogP contribution in [0.3, 0.4) is 0 Å². The molecule has 0 bridgehead atoms. The van der Waals surface area contributed by atoms with E-state index in [9.17, 15) is 63.0 Å². The molecule has 0 saturated heterocycles. The van der Waals surface area contributed by atoms with Crippen LogP contribution in [0.5, 0.6) is 0 Å². The van der Waals surface area contributed by atoms with Crippen LogP contribution < -0.4 is 65.5 Å². The summed E-state index contributed by atoms with van der Waals surface area (Å²) in [7, 11) is 0. The molecule has 0 radical (unpaired) electrons. The third kappa shape index (κ3) is 22.3. The Morgan fingerprint density at radius 1 is 0.530 bits per heavy atom. The number of hydrogen-bond donors (Lipinski definition) is 14. The molecule has 0 rings (SSSR count). The number of unbranched alkanes of at least 4 members (excludes halogenated alkanes) is 1. The minimum Gasteiger partial charge on any atom is -0.480 e. The number of hydrogen-bond acceptors (Lipinski definition) is 14. The molecule has 0 heterocycles. The Bertz CT molecular complexity index is 1700. The molecule has 10 amide bonds. The van der Waals surface area contributed by atoms with E-state index in [4.69, 9.17) is 22.9 Å². The van der Waals surface area contributed by atoms with Crippen LogP contribution >= 0.6 is 0 Å². The molecule has 0 aliphatic carbocycles. The highest BCUT2D eigenvalue weighted by atomic mass is 16.4. The van der Waals surface area contributed by atoms with Crippen molar-refractivity contribution in [2.75, 3.05) is 13.2 Å². The number of aliphatic carboxylic acids is 1. The van der Waals surface area contributed by atoms with Gasteiger partial charge in [0.1, 0.15) is 48.3 Å². The van der Waals surface area contributed by atoms with E-state index >= 15 is 0 Å². The Labute approximate surface area is 384 Å². The van der Waals surface area contributed by atoms with E-state index in [0.29, 0.717) is 25.8 Å². The second-order valence-electron chi connectivity index (χ2n) is 17.0. The second kappa shape index (κ2) is 30.3. The molecule has 0 aromatic carbocycles. The predicted octanol–water partition coefficient (Wildman–Crippen LogP) is -4.67. The first kappa shape index (κ1) is 60.1. The highest BCUT2D eigenvalue weighted by Gasteiger charge is 2.36.